The Kier molecular flexibility index (Phi) is 5.83. The monoisotopic (exact) mass is 263 g/mol. The van der Waals surface area contributed by atoms with Gasteiger partial charge in [0.15, 0.2) is 10.3 Å². The van der Waals surface area contributed by atoms with Gasteiger partial charge >= 0.3 is 0 Å². The van der Waals surface area contributed by atoms with Crippen molar-refractivity contribution in [1.29, 1.82) is 0 Å². The molecule has 0 bridgehead atoms. The molecule has 0 fully saturated rings. The van der Waals surface area contributed by atoms with E-state index in [1.807, 2.05) is 6.08 Å². The predicted molar refractivity (Wildman–Crippen MR) is 68.1 cm³/mol. The van der Waals surface area contributed by atoms with Crippen LogP contribution < -0.4 is 5.32 Å². The topological polar surface area (TPSA) is 37.8 Å². The number of aromatic nitrogens is 2. The Morgan fingerprint density at radius 1 is 1.47 bits per heavy atom. The van der Waals surface area contributed by atoms with Crippen LogP contribution in [0, 0.1) is 0 Å². The van der Waals surface area contributed by atoms with E-state index >= 15 is 0 Å². The number of hydrogen-bond acceptors (Lipinski definition) is 4. The lowest BCUT2D eigenvalue weighted by molar-refractivity contribution is 1.03. The molecule has 0 aliphatic rings. The van der Waals surface area contributed by atoms with Crippen LogP contribution in [-0.4, -0.2) is 28.2 Å². The van der Waals surface area contributed by atoms with Crippen molar-refractivity contribution in [2.75, 3.05) is 23.4 Å². The molecule has 0 atom stereocenters. The van der Waals surface area contributed by atoms with Gasteiger partial charge in [-0.1, -0.05) is 29.3 Å². The Morgan fingerprint density at radius 2 is 2.27 bits per heavy atom. The van der Waals surface area contributed by atoms with Gasteiger partial charge in [-0.3, -0.25) is 0 Å². The van der Waals surface area contributed by atoms with Crippen LogP contribution in [0.3, 0.4) is 0 Å². The first-order chi connectivity index (χ1) is 7.24. The van der Waals surface area contributed by atoms with Crippen LogP contribution in [0.15, 0.2) is 18.7 Å². The van der Waals surface area contributed by atoms with Crippen molar-refractivity contribution in [3.63, 3.8) is 0 Å². The highest BCUT2D eigenvalue weighted by atomic mass is 35.5. The molecule has 0 unspecified atom stereocenters. The molecule has 1 rings (SSSR count). The maximum Gasteiger partial charge on any atom is 0.174 e. The second-order valence-electron chi connectivity index (χ2n) is 2.66. The van der Waals surface area contributed by atoms with Crippen molar-refractivity contribution in [2.45, 2.75) is 0 Å². The van der Waals surface area contributed by atoms with Crippen molar-refractivity contribution in [2.24, 2.45) is 0 Å². The Labute approximate surface area is 103 Å². The van der Waals surface area contributed by atoms with Crippen LogP contribution in [0.4, 0.5) is 5.69 Å². The molecule has 0 amide bonds. The van der Waals surface area contributed by atoms with E-state index in [0.29, 0.717) is 10.3 Å². The highest BCUT2D eigenvalue weighted by Crippen LogP contribution is 2.20. The van der Waals surface area contributed by atoms with Gasteiger partial charge in [0.25, 0.3) is 0 Å². The second-order valence-corrected chi connectivity index (χ2v) is 4.56. The molecule has 1 N–H and O–H groups in total. The molecule has 0 radical (unpaired) electrons. The Morgan fingerprint density at radius 3 is 3.00 bits per heavy atom. The summed E-state index contributed by atoms with van der Waals surface area (Å²) in [5, 5.41) is 11.1. The van der Waals surface area contributed by atoms with Crippen LogP contribution in [-0.2, 0) is 0 Å². The minimum atomic E-state index is 0.334. The minimum Gasteiger partial charge on any atom is -0.382 e. The summed E-state index contributed by atoms with van der Waals surface area (Å²) in [7, 11) is 0. The van der Waals surface area contributed by atoms with E-state index in [2.05, 4.69) is 22.1 Å². The summed E-state index contributed by atoms with van der Waals surface area (Å²) >= 11 is 13.3. The van der Waals surface area contributed by atoms with Gasteiger partial charge in [0, 0.05) is 24.1 Å². The quantitative estimate of drug-likeness (QED) is 0.632. The maximum absolute atomic E-state index is 5.82. The fraction of sp³-hybridized carbons (Fsp3) is 0.333. The second kappa shape index (κ2) is 6.93. The Hall–Kier alpha value is -0.450. The maximum atomic E-state index is 5.82. The summed E-state index contributed by atoms with van der Waals surface area (Å²) in [6.07, 6.45) is 1.88. The number of anilines is 1. The SMILES string of the molecule is C=CCSCCNc1cc(Cl)nnc1Cl. The van der Waals surface area contributed by atoms with Gasteiger partial charge in [-0.2, -0.15) is 11.8 Å². The zero-order valence-electron chi connectivity index (χ0n) is 8.04. The van der Waals surface area contributed by atoms with E-state index in [4.69, 9.17) is 23.2 Å². The summed E-state index contributed by atoms with van der Waals surface area (Å²) in [6, 6.07) is 1.66. The highest BCUT2D eigenvalue weighted by Gasteiger charge is 2.02. The molecule has 82 valence electrons. The smallest absolute Gasteiger partial charge is 0.174 e. The summed E-state index contributed by atoms with van der Waals surface area (Å²) in [5.41, 5.74) is 0.718. The molecule has 0 saturated carbocycles. The molecule has 1 aromatic heterocycles. The summed E-state index contributed by atoms with van der Waals surface area (Å²) < 4.78 is 0. The van der Waals surface area contributed by atoms with E-state index in [1.54, 1.807) is 17.8 Å². The lowest BCUT2D eigenvalue weighted by Crippen LogP contribution is -2.05. The predicted octanol–water partition coefficient (Wildman–Crippen LogP) is 3.11. The average Bonchev–Trinajstić information content (AvgIpc) is 2.23. The summed E-state index contributed by atoms with van der Waals surface area (Å²) in [6.45, 7) is 4.45. The van der Waals surface area contributed by atoms with E-state index in [-0.39, 0.29) is 0 Å². The van der Waals surface area contributed by atoms with Crippen molar-refractivity contribution >= 4 is 40.7 Å². The average molecular weight is 264 g/mol. The molecule has 15 heavy (non-hydrogen) atoms. The minimum absolute atomic E-state index is 0.334. The van der Waals surface area contributed by atoms with Crippen LogP contribution in [0.2, 0.25) is 10.3 Å². The molecule has 0 aliphatic carbocycles. The fourth-order valence-electron chi connectivity index (χ4n) is 0.902. The Balaban J connectivity index is 2.36. The van der Waals surface area contributed by atoms with Crippen LogP contribution in [0.25, 0.3) is 0 Å². The fourth-order valence-corrected chi connectivity index (χ4v) is 1.79. The van der Waals surface area contributed by atoms with Gasteiger partial charge < -0.3 is 5.32 Å². The number of nitrogens with zero attached hydrogens (tertiary/aromatic N) is 2. The normalized spacial score (nSPS) is 10.0. The van der Waals surface area contributed by atoms with Crippen molar-refractivity contribution in [3.05, 3.63) is 29.0 Å². The van der Waals surface area contributed by atoms with E-state index in [9.17, 15) is 0 Å². The van der Waals surface area contributed by atoms with Gasteiger partial charge in [0.2, 0.25) is 0 Å². The molecule has 1 heterocycles. The first-order valence-electron chi connectivity index (χ1n) is 4.35. The third-order valence-corrected chi connectivity index (χ3v) is 2.94. The van der Waals surface area contributed by atoms with Gasteiger partial charge in [-0.15, -0.1) is 16.8 Å². The third-order valence-electron chi connectivity index (χ3n) is 1.52. The van der Waals surface area contributed by atoms with Gasteiger partial charge in [-0.25, -0.2) is 0 Å². The zero-order valence-corrected chi connectivity index (χ0v) is 10.4. The van der Waals surface area contributed by atoms with E-state index in [1.165, 1.54) is 0 Å². The lowest BCUT2D eigenvalue weighted by atomic mass is 10.4. The first-order valence-corrected chi connectivity index (χ1v) is 6.26. The third kappa shape index (κ3) is 4.73. The molecule has 0 saturated heterocycles. The van der Waals surface area contributed by atoms with Crippen LogP contribution >= 0.6 is 35.0 Å². The molecule has 0 spiro atoms. The van der Waals surface area contributed by atoms with Crippen molar-refractivity contribution < 1.29 is 0 Å². The van der Waals surface area contributed by atoms with Crippen molar-refractivity contribution in [1.82, 2.24) is 10.2 Å². The highest BCUT2D eigenvalue weighted by molar-refractivity contribution is 7.99. The Bertz CT molecular complexity index is 333. The standard InChI is InChI=1S/C9H11Cl2N3S/c1-2-4-15-5-3-12-7-6-8(10)13-14-9(7)11/h2,6H,1,3-5H2,(H,12,13). The number of nitrogens with one attached hydrogen (secondary N) is 1. The molecular weight excluding hydrogens is 253 g/mol. The number of halogens is 2. The molecule has 0 aromatic carbocycles. The van der Waals surface area contributed by atoms with Crippen LogP contribution in [0.1, 0.15) is 0 Å². The summed E-state index contributed by atoms with van der Waals surface area (Å²) in [4.78, 5) is 0. The number of rotatable bonds is 6. The van der Waals surface area contributed by atoms with E-state index < -0.39 is 0 Å². The molecular formula is C9H11Cl2N3S. The van der Waals surface area contributed by atoms with E-state index in [0.717, 1.165) is 23.7 Å². The summed E-state index contributed by atoms with van der Waals surface area (Å²) in [5.74, 6) is 1.92. The zero-order chi connectivity index (χ0) is 11.1. The van der Waals surface area contributed by atoms with Crippen molar-refractivity contribution in [3.8, 4) is 0 Å². The van der Waals surface area contributed by atoms with Gasteiger partial charge in [0.05, 0.1) is 5.69 Å². The molecule has 6 heteroatoms. The molecule has 0 aliphatic heterocycles. The first kappa shape index (κ1) is 12.6. The number of thioether (sulfide) groups is 1. The number of hydrogen-bond donors (Lipinski definition) is 1. The molecule has 3 nitrogen and oxygen atoms in total. The largest absolute Gasteiger partial charge is 0.382 e. The molecule has 1 aromatic rings. The van der Waals surface area contributed by atoms with Gasteiger partial charge in [-0.05, 0) is 0 Å². The van der Waals surface area contributed by atoms with Gasteiger partial charge in [0.1, 0.15) is 0 Å². The lowest BCUT2D eigenvalue weighted by Gasteiger charge is -2.06. The van der Waals surface area contributed by atoms with Crippen LogP contribution in [0.5, 0.6) is 0 Å².